The van der Waals surface area contributed by atoms with Crippen LogP contribution in [-0.4, -0.2) is 11.9 Å². The number of nitrogens with one attached hydrogen (secondary N) is 1. The Morgan fingerprint density at radius 1 is 1.46 bits per heavy atom. The predicted molar refractivity (Wildman–Crippen MR) is 56.6 cm³/mol. The number of carbonyl (C=O) groups excluding carboxylic acids is 1. The van der Waals surface area contributed by atoms with Gasteiger partial charge in [0.25, 0.3) is 0 Å². The molecule has 0 spiro atoms. The summed E-state index contributed by atoms with van der Waals surface area (Å²) in [7, 11) is 0. The lowest BCUT2D eigenvalue weighted by Gasteiger charge is -2.07. The van der Waals surface area contributed by atoms with Crippen molar-refractivity contribution in [2.24, 2.45) is 0 Å². The van der Waals surface area contributed by atoms with E-state index in [0.717, 1.165) is 18.4 Å². The molecule has 0 aromatic carbocycles. The second kappa shape index (κ2) is 6.70. The summed E-state index contributed by atoms with van der Waals surface area (Å²) >= 11 is 0. The molecule has 0 aromatic rings. The van der Waals surface area contributed by atoms with Crippen molar-refractivity contribution in [2.75, 3.05) is 0 Å². The largest absolute Gasteiger partial charge is 0.350 e. The lowest BCUT2D eigenvalue weighted by molar-refractivity contribution is -0.117. The lowest BCUT2D eigenvalue weighted by Crippen LogP contribution is -2.30. The molecular formula is C11H21NO. The zero-order valence-corrected chi connectivity index (χ0v) is 9.18. The first-order chi connectivity index (χ1) is 6.07. The highest BCUT2D eigenvalue weighted by atomic mass is 16.1. The third kappa shape index (κ3) is 6.38. The molecule has 0 fully saturated rings. The van der Waals surface area contributed by atoms with Crippen LogP contribution < -0.4 is 5.32 Å². The fraction of sp³-hybridized carbons (Fsp3) is 0.727. The second-order valence-corrected chi connectivity index (χ2v) is 3.66. The first-order valence-electron chi connectivity index (χ1n) is 5.05. The maximum atomic E-state index is 11.4. The molecule has 0 aliphatic carbocycles. The van der Waals surface area contributed by atoms with Gasteiger partial charge in [-0.1, -0.05) is 25.8 Å². The van der Waals surface area contributed by atoms with E-state index in [4.69, 9.17) is 0 Å². The van der Waals surface area contributed by atoms with Gasteiger partial charge >= 0.3 is 0 Å². The number of hydrogen-bond donors (Lipinski definition) is 1. The van der Waals surface area contributed by atoms with Gasteiger partial charge in [0.15, 0.2) is 0 Å². The molecule has 0 aliphatic heterocycles. The summed E-state index contributed by atoms with van der Waals surface area (Å²) in [5, 5.41) is 2.86. The third-order valence-corrected chi connectivity index (χ3v) is 1.79. The van der Waals surface area contributed by atoms with E-state index in [9.17, 15) is 4.79 Å². The summed E-state index contributed by atoms with van der Waals surface area (Å²) in [6.45, 7) is 7.96. The maximum absolute atomic E-state index is 11.4. The van der Waals surface area contributed by atoms with Crippen LogP contribution >= 0.6 is 0 Å². The zero-order chi connectivity index (χ0) is 10.3. The van der Waals surface area contributed by atoms with Gasteiger partial charge in [0.2, 0.25) is 5.91 Å². The van der Waals surface area contributed by atoms with E-state index < -0.39 is 0 Å². The molecule has 0 atom stereocenters. The first kappa shape index (κ1) is 12.2. The number of unbranched alkanes of at least 4 members (excludes halogenated alkanes) is 2. The van der Waals surface area contributed by atoms with Gasteiger partial charge in [-0.15, -0.1) is 0 Å². The lowest BCUT2D eigenvalue weighted by atomic mass is 10.1. The Morgan fingerprint density at radius 2 is 2.08 bits per heavy atom. The van der Waals surface area contributed by atoms with E-state index in [1.54, 1.807) is 0 Å². The molecule has 0 aromatic heterocycles. The Hall–Kier alpha value is -0.790. The fourth-order valence-corrected chi connectivity index (χ4v) is 0.991. The van der Waals surface area contributed by atoms with Crippen molar-refractivity contribution in [3.8, 4) is 0 Å². The van der Waals surface area contributed by atoms with Gasteiger partial charge in [-0.05, 0) is 27.2 Å². The monoisotopic (exact) mass is 183 g/mol. The van der Waals surface area contributed by atoms with E-state index in [1.807, 2.05) is 26.8 Å². The molecule has 0 rings (SSSR count). The van der Waals surface area contributed by atoms with Gasteiger partial charge in [-0.25, -0.2) is 0 Å². The molecule has 2 nitrogen and oxygen atoms in total. The smallest absolute Gasteiger partial charge is 0.246 e. The summed E-state index contributed by atoms with van der Waals surface area (Å²) in [4.78, 5) is 11.4. The van der Waals surface area contributed by atoms with Crippen molar-refractivity contribution in [1.29, 1.82) is 0 Å². The summed E-state index contributed by atoms with van der Waals surface area (Å²) in [5.41, 5.74) is 0.835. The van der Waals surface area contributed by atoms with Gasteiger partial charge in [0.1, 0.15) is 0 Å². The quantitative estimate of drug-likeness (QED) is 0.515. The molecule has 1 N–H and O–H groups in total. The van der Waals surface area contributed by atoms with Crippen LogP contribution in [0.15, 0.2) is 11.6 Å². The maximum Gasteiger partial charge on any atom is 0.246 e. The van der Waals surface area contributed by atoms with Crippen molar-refractivity contribution >= 4 is 5.91 Å². The minimum atomic E-state index is 0.0612. The third-order valence-electron chi connectivity index (χ3n) is 1.79. The molecule has 0 unspecified atom stereocenters. The second-order valence-electron chi connectivity index (χ2n) is 3.66. The summed E-state index contributed by atoms with van der Waals surface area (Å²) in [6, 6.07) is 0.224. The number of amides is 1. The van der Waals surface area contributed by atoms with Gasteiger partial charge in [-0.2, -0.15) is 0 Å². The van der Waals surface area contributed by atoms with E-state index in [0.29, 0.717) is 0 Å². The van der Waals surface area contributed by atoms with Gasteiger partial charge in [-0.3, -0.25) is 4.79 Å². The minimum absolute atomic E-state index is 0.0612. The molecule has 1 amide bonds. The van der Waals surface area contributed by atoms with Crippen molar-refractivity contribution in [1.82, 2.24) is 5.32 Å². The van der Waals surface area contributed by atoms with Crippen molar-refractivity contribution < 1.29 is 4.79 Å². The van der Waals surface area contributed by atoms with Crippen LogP contribution in [0.2, 0.25) is 0 Å². The molecule has 0 radical (unpaired) electrons. The predicted octanol–water partition coefficient (Wildman–Crippen LogP) is 2.65. The van der Waals surface area contributed by atoms with Crippen LogP contribution in [0.25, 0.3) is 0 Å². The average molecular weight is 183 g/mol. The summed E-state index contributed by atoms with van der Waals surface area (Å²) in [6.07, 6.45) is 5.36. The Labute approximate surface area is 81.4 Å². The summed E-state index contributed by atoms with van der Waals surface area (Å²) < 4.78 is 0. The van der Waals surface area contributed by atoms with E-state index in [1.165, 1.54) is 6.42 Å². The molecule has 76 valence electrons. The van der Waals surface area contributed by atoms with Crippen LogP contribution in [-0.2, 0) is 4.79 Å². The Morgan fingerprint density at radius 3 is 2.54 bits per heavy atom. The van der Waals surface area contributed by atoms with Crippen molar-refractivity contribution in [3.05, 3.63) is 11.6 Å². The molecule has 0 saturated carbocycles. The SMILES string of the molecule is CCCCC=C(C)C(=O)NC(C)C. The molecule has 2 heteroatoms. The van der Waals surface area contributed by atoms with Gasteiger partial charge < -0.3 is 5.32 Å². The standard InChI is InChI=1S/C11H21NO/c1-5-6-7-8-10(4)11(13)12-9(2)3/h8-9H,5-7H2,1-4H3,(H,12,13). The Bertz CT molecular complexity index is 183. The van der Waals surface area contributed by atoms with Crippen molar-refractivity contribution in [2.45, 2.75) is 53.0 Å². The van der Waals surface area contributed by atoms with Gasteiger partial charge in [0, 0.05) is 11.6 Å². The highest BCUT2D eigenvalue weighted by molar-refractivity contribution is 5.92. The molecular weight excluding hydrogens is 162 g/mol. The van der Waals surface area contributed by atoms with E-state index in [2.05, 4.69) is 12.2 Å². The number of carbonyl (C=O) groups is 1. The van der Waals surface area contributed by atoms with E-state index in [-0.39, 0.29) is 11.9 Å². The minimum Gasteiger partial charge on any atom is -0.350 e. The van der Waals surface area contributed by atoms with Crippen LogP contribution in [0.5, 0.6) is 0 Å². The first-order valence-corrected chi connectivity index (χ1v) is 5.05. The Kier molecular flexibility index (Phi) is 6.29. The zero-order valence-electron chi connectivity index (χ0n) is 9.18. The summed E-state index contributed by atoms with van der Waals surface area (Å²) in [5.74, 6) is 0.0612. The Balaban J connectivity index is 3.86. The van der Waals surface area contributed by atoms with Crippen LogP contribution in [0.4, 0.5) is 0 Å². The highest BCUT2D eigenvalue weighted by Gasteiger charge is 2.03. The van der Waals surface area contributed by atoms with Crippen molar-refractivity contribution in [3.63, 3.8) is 0 Å². The molecule has 0 saturated heterocycles. The molecule has 0 bridgehead atoms. The molecule has 0 aliphatic rings. The average Bonchev–Trinajstić information content (AvgIpc) is 2.03. The number of allylic oxidation sites excluding steroid dienone is 1. The van der Waals surface area contributed by atoms with Gasteiger partial charge in [0.05, 0.1) is 0 Å². The van der Waals surface area contributed by atoms with Crippen LogP contribution in [0, 0.1) is 0 Å². The van der Waals surface area contributed by atoms with Crippen LogP contribution in [0.3, 0.4) is 0 Å². The highest BCUT2D eigenvalue weighted by Crippen LogP contribution is 2.01. The topological polar surface area (TPSA) is 29.1 Å². The molecule has 0 heterocycles. The van der Waals surface area contributed by atoms with Crippen LogP contribution in [0.1, 0.15) is 47.0 Å². The fourth-order valence-electron chi connectivity index (χ4n) is 0.991. The number of hydrogen-bond acceptors (Lipinski definition) is 1. The normalized spacial score (nSPS) is 11.9. The van der Waals surface area contributed by atoms with E-state index >= 15 is 0 Å². The molecule has 13 heavy (non-hydrogen) atoms. The number of rotatable bonds is 5.